The summed E-state index contributed by atoms with van der Waals surface area (Å²) in [7, 11) is 0. The molecule has 0 unspecified atom stereocenters. The molecule has 4 aromatic rings. The third kappa shape index (κ3) is 3.79. The molecule has 1 aromatic heterocycles. The van der Waals surface area contributed by atoms with E-state index < -0.39 is 0 Å². The Morgan fingerprint density at radius 1 is 0.808 bits per heavy atom. The van der Waals surface area contributed by atoms with Crippen LogP contribution in [-0.2, 0) is 13.1 Å². The van der Waals surface area contributed by atoms with Gasteiger partial charge in [-0.3, -0.25) is 0 Å². The maximum absolute atomic E-state index is 3.29. The monoisotopic (exact) mass is 341 g/mol. The van der Waals surface area contributed by atoms with Crippen LogP contribution in [0.4, 0.5) is 5.69 Å². The van der Waals surface area contributed by atoms with Crippen LogP contribution in [0.1, 0.15) is 16.7 Å². The fourth-order valence-corrected chi connectivity index (χ4v) is 3.14. The van der Waals surface area contributed by atoms with Crippen molar-refractivity contribution in [3.63, 3.8) is 0 Å². The van der Waals surface area contributed by atoms with Gasteiger partial charge in [0.15, 0.2) is 0 Å². The van der Waals surface area contributed by atoms with E-state index in [1.807, 2.05) is 30.3 Å². The molecule has 1 heterocycles. The van der Waals surface area contributed by atoms with E-state index in [0.717, 1.165) is 18.8 Å². The molecule has 0 aliphatic rings. The van der Waals surface area contributed by atoms with Gasteiger partial charge in [-0.05, 0) is 47.7 Å². The number of aromatic nitrogens is 1. The largest absolute Gasteiger partial charge is 0.343 e. The molecule has 0 radical (unpaired) electrons. The van der Waals surface area contributed by atoms with Crippen LogP contribution in [0.15, 0.2) is 85.1 Å². The van der Waals surface area contributed by atoms with E-state index in [1.165, 1.54) is 27.6 Å². The Kier molecular flexibility index (Phi) is 4.71. The lowest BCUT2D eigenvalue weighted by molar-refractivity contribution is 0.798. The fraction of sp³-hybridized carbons (Fsp3) is 0.130. The highest BCUT2D eigenvalue weighted by Crippen LogP contribution is 2.19. The molecule has 130 valence electrons. The van der Waals surface area contributed by atoms with Crippen molar-refractivity contribution in [2.24, 2.45) is 0 Å². The highest BCUT2D eigenvalue weighted by atomic mass is 15.3. The van der Waals surface area contributed by atoms with Crippen LogP contribution in [-0.4, -0.2) is 4.57 Å². The van der Waals surface area contributed by atoms with Gasteiger partial charge in [0.1, 0.15) is 0 Å². The molecule has 3 aromatic carbocycles. The van der Waals surface area contributed by atoms with Crippen LogP contribution < -0.4 is 10.9 Å². The Morgan fingerprint density at radius 3 is 2.38 bits per heavy atom. The van der Waals surface area contributed by atoms with Gasteiger partial charge in [-0.15, -0.1) is 0 Å². The first-order valence-corrected chi connectivity index (χ1v) is 8.95. The average Bonchev–Trinajstić information content (AvgIpc) is 3.07. The summed E-state index contributed by atoms with van der Waals surface area (Å²) in [5.41, 5.74) is 12.7. The van der Waals surface area contributed by atoms with Crippen molar-refractivity contribution in [2.45, 2.75) is 20.0 Å². The highest BCUT2D eigenvalue weighted by Gasteiger charge is 2.04. The first kappa shape index (κ1) is 16.4. The van der Waals surface area contributed by atoms with E-state index in [4.69, 9.17) is 0 Å². The molecule has 0 saturated heterocycles. The van der Waals surface area contributed by atoms with Crippen molar-refractivity contribution < 1.29 is 0 Å². The molecule has 4 rings (SSSR count). The summed E-state index contributed by atoms with van der Waals surface area (Å²) in [4.78, 5) is 0. The summed E-state index contributed by atoms with van der Waals surface area (Å²) in [6.07, 6.45) is 2.17. The maximum atomic E-state index is 3.29. The first-order valence-electron chi connectivity index (χ1n) is 8.95. The number of rotatable bonds is 6. The van der Waals surface area contributed by atoms with Crippen molar-refractivity contribution in [3.8, 4) is 0 Å². The van der Waals surface area contributed by atoms with E-state index in [2.05, 4.69) is 77.1 Å². The molecule has 3 nitrogen and oxygen atoms in total. The van der Waals surface area contributed by atoms with Crippen molar-refractivity contribution in [2.75, 3.05) is 5.43 Å². The Hall–Kier alpha value is -3.04. The van der Waals surface area contributed by atoms with E-state index in [0.29, 0.717) is 0 Å². The minimum atomic E-state index is 0.764. The third-order valence-corrected chi connectivity index (χ3v) is 4.61. The predicted molar refractivity (Wildman–Crippen MR) is 109 cm³/mol. The van der Waals surface area contributed by atoms with Crippen LogP contribution >= 0.6 is 0 Å². The Labute approximate surface area is 154 Å². The highest BCUT2D eigenvalue weighted by molar-refractivity contribution is 5.81. The third-order valence-electron chi connectivity index (χ3n) is 4.61. The zero-order chi connectivity index (χ0) is 17.8. The molecule has 0 spiro atoms. The van der Waals surface area contributed by atoms with Crippen LogP contribution in [0.5, 0.6) is 0 Å². The minimum absolute atomic E-state index is 0.764. The van der Waals surface area contributed by atoms with Gasteiger partial charge in [0.2, 0.25) is 0 Å². The van der Waals surface area contributed by atoms with Crippen LogP contribution in [0.3, 0.4) is 0 Å². The Bertz CT molecular complexity index is 985. The Balaban J connectivity index is 1.48. The van der Waals surface area contributed by atoms with Gasteiger partial charge < -0.3 is 9.99 Å². The van der Waals surface area contributed by atoms with Gasteiger partial charge in [0.25, 0.3) is 0 Å². The lowest BCUT2D eigenvalue weighted by atomic mass is 10.1. The molecule has 0 saturated carbocycles. The standard InChI is InChI=1S/C23H23N3/c1-18-7-9-19(10-8-18)17-26-14-13-21-12-11-20(15-23(21)26)16-24-25-22-5-3-2-4-6-22/h2-15,24-25H,16-17H2,1H3. The summed E-state index contributed by atoms with van der Waals surface area (Å²) in [6.45, 7) is 3.78. The zero-order valence-electron chi connectivity index (χ0n) is 14.9. The van der Waals surface area contributed by atoms with E-state index in [9.17, 15) is 0 Å². The van der Waals surface area contributed by atoms with Crippen molar-refractivity contribution in [1.82, 2.24) is 9.99 Å². The normalized spacial score (nSPS) is 11.0. The number of aryl methyl sites for hydroxylation is 1. The summed E-state index contributed by atoms with van der Waals surface area (Å²) >= 11 is 0. The second-order valence-corrected chi connectivity index (χ2v) is 6.67. The van der Waals surface area contributed by atoms with Gasteiger partial charge in [0.05, 0.1) is 0 Å². The van der Waals surface area contributed by atoms with Crippen LogP contribution in [0.2, 0.25) is 0 Å². The molecule has 0 aliphatic carbocycles. The predicted octanol–water partition coefficient (Wildman–Crippen LogP) is 5.11. The molecule has 0 fully saturated rings. The molecule has 0 amide bonds. The summed E-state index contributed by atoms with van der Waals surface area (Å²) < 4.78 is 2.31. The van der Waals surface area contributed by atoms with E-state index in [-0.39, 0.29) is 0 Å². The number of anilines is 1. The number of hydrogen-bond acceptors (Lipinski definition) is 2. The number of hydrogen-bond donors (Lipinski definition) is 2. The number of benzene rings is 3. The SMILES string of the molecule is Cc1ccc(Cn2ccc3ccc(CNNc4ccccc4)cc32)cc1. The summed E-state index contributed by atoms with van der Waals surface area (Å²) in [6, 6.07) is 27.7. The smallest absolute Gasteiger partial charge is 0.0487 e. The van der Waals surface area contributed by atoms with Crippen molar-refractivity contribution in [1.29, 1.82) is 0 Å². The topological polar surface area (TPSA) is 29.0 Å². The summed E-state index contributed by atoms with van der Waals surface area (Å²) in [5.74, 6) is 0. The average molecular weight is 341 g/mol. The lowest BCUT2D eigenvalue weighted by Crippen LogP contribution is -2.20. The number of nitrogens with one attached hydrogen (secondary N) is 2. The molecule has 3 heteroatoms. The molecular formula is C23H23N3. The Morgan fingerprint density at radius 2 is 1.58 bits per heavy atom. The van der Waals surface area contributed by atoms with Crippen molar-refractivity contribution in [3.05, 3.63) is 102 Å². The van der Waals surface area contributed by atoms with Crippen LogP contribution in [0, 0.1) is 6.92 Å². The minimum Gasteiger partial charge on any atom is -0.343 e. The molecule has 0 bridgehead atoms. The molecule has 26 heavy (non-hydrogen) atoms. The number of hydrazine groups is 1. The first-order chi connectivity index (χ1) is 12.8. The van der Waals surface area contributed by atoms with Crippen molar-refractivity contribution >= 4 is 16.6 Å². The number of para-hydroxylation sites is 1. The number of fused-ring (bicyclic) bond motifs is 1. The second-order valence-electron chi connectivity index (χ2n) is 6.67. The molecule has 0 atom stereocenters. The molecular weight excluding hydrogens is 318 g/mol. The van der Waals surface area contributed by atoms with E-state index in [1.54, 1.807) is 0 Å². The molecule has 2 N–H and O–H groups in total. The summed E-state index contributed by atoms with van der Waals surface area (Å²) in [5, 5.41) is 1.27. The van der Waals surface area contributed by atoms with Gasteiger partial charge in [0, 0.05) is 30.5 Å². The fourth-order valence-electron chi connectivity index (χ4n) is 3.14. The van der Waals surface area contributed by atoms with Gasteiger partial charge >= 0.3 is 0 Å². The maximum Gasteiger partial charge on any atom is 0.0487 e. The quantitative estimate of drug-likeness (QED) is 0.477. The van der Waals surface area contributed by atoms with Gasteiger partial charge in [-0.2, -0.15) is 0 Å². The lowest BCUT2D eigenvalue weighted by Gasteiger charge is -2.10. The van der Waals surface area contributed by atoms with E-state index >= 15 is 0 Å². The molecule has 0 aliphatic heterocycles. The zero-order valence-corrected chi connectivity index (χ0v) is 14.9. The second kappa shape index (κ2) is 7.46. The van der Waals surface area contributed by atoms with Gasteiger partial charge in [-0.25, -0.2) is 5.43 Å². The van der Waals surface area contributed by atoms with Crippen LogP contribution in [0.25, 0.3) is 10.9 Å². The van der Waals surface area contributed by atoms with Gasteiger partial charge in [-0.1, -0.05) is 60.2 Å². The number of nitrogens with zero attached hydrogens (tertiary/aromatic N) is 1.